The van der Waals surface area contributed by atoms with Gasteiger partial charge >= 0.3 is 0 Å². The molecule has 0 saturated carbocycles. The van der Waals surface area contributed by atoms with Crippen molar-refractivity contribution in [1.82, 2.24) is 0 Å². The molecule has 0 aliphatic carbocycles. The number of methoxy groups -OCH3 is 1. The first kappa shape index (κ1) is 15.3. The van der Waals surface area contributed by atoms with E-state index < -0.39 is 10.0 Å². The number of rotatable bonds is 5. The van der Waals surface area contributed by atoms with Gasteiger partial charge < -0.3 is 10.1 Å². The minimum atomic E-state index is -3.72. The number of nitrogens with two attached hydrogens (primary N) is 1. The number of sulfonamides is 1. The maximum absolute atomic E-state index is 11.5. The summed E-state index contributed by atoms with van der Waals surface area (Å²) in [5.74, 6) is 0.783. The molecule has 112 valence electrons. The van der Waals surface area contributed by atoms with Crippen LogP contribution in [0.4, 0.5) is 5.69 Å². The number of ether oxygens (including phenoxy) is 1. The van der Waals surface area contributed by atoms with Crippen LogP contribution in [0.15, 0.2) is 47.4 Å². The molecule has 0 fully saturated rings. The summed E-state index contributed by atoms with van der Waals surface area (Å²) in [7, 11) is -2.10. The van der Waals surface area contributed by atoms with Gasteiger partial charge in [-0.05, 0) is 30.7 Å². The van der Waals surface area contributed by atoms with Crippen molar-refractivity contribution < 1.29 is 13.2 Å². The molecule has 0 unspecified atom stereocenters. The highest BCUT2D eigenvalue weighted by Crippen LogP contribution is 2.24. The minimum absolute atomic E-state index is 0.132. The van der Waals surface area contributed by atoms with Crippen LogP contribution >= 0.6 is 0 Å². The molecule has 2 aromatic carbocycles. The number of para-hydroxylation sites is 1. The Morgan fingerprint density at radius 3 is 2.52 bits per heavy atom. The third-order valence-corrected chi connectivity index (χ3v) is 4.31. The summed E-state index contributed by atoms with van der Waals surface area (Å²) in [6.45, 7) is 2.25. The van der Waals surface area contributed by atoms with Crippen LogP contribution in [0.1, 0.15) is 11.1 Å². The fourth-order valence-corrected chi connectivity index (χ4v) is 2.96. The average Bonchev–Trinajstić information content (AvgIpc) is 2.45. The van der Waals surface area contributed by atoms with Crippen molar-refractivity contribution in [2.24, 2.45) is 5.14 Å². The number of primary sulfonamides is 1. The van der Waals surface area contributed by atoms with E-state index in [2.05, 4.69) is 5.32 Å². The molecule has 6 heteroatoms. The number of hydrogen-bond acceptors (Lipinski definition) is 4. The summed E-state index contributed by atoms with van der Waals surface area (Å²) >= 11 is 0. The van der Waals surface area contributed by atoms with E-state index in [0.717, 1.165) is 17.0 Å². The molecule has 0 aliphatic heterocycles. The monoisotopic (exact) mass is 306 g/mol. The molecule has 0 spiro atoms. The number of benzene rings is 2. The zero-order chi connectivity index (χ0) is 15.5. The van der Waals surface area contributed by atoms with E-state index in [9.17, 15) is 8.42 Å². The SMILES string of the molecule is COc1ccccc1CNc1cccc(S(N)(=O)=O)c1C. The Bertz CT molecular complexity index is 742. The molecule has 0 aliphatic rings. The number of anilines is 1. The van der Waals surface area contributed by atoms with Crippen molar-refractivity contribution in [1.29, 1.82) is 0 Å². The lowest BCUT2D eigenvalue weighted by atomic mass is 10.1. The maximum atomic E-state index is 11.5. The van der Waals surface area contributed by atoms with E-state index in [1.54, 1.807) is 20.1 Å². The standard InChI is InChI=1S/C15H18N2O3S/c1-11-13(7-5-9-15(11)21(16,18)19)17-10-12-6-3-4-8-14(12)20-2/h3-9,17H,10H2,1-2H3,(H2,16,18,19). The zero-order valence-corrected chi connectivity index (χ0v) is 12.8. The molecule has 3 N–H and O–H groups in total. The van der Waals surface area contributed by atoms with Crippen LogP contribution in [-0.4, -0.2) is 15.5 Å². The highest BCUT2D eigenvalue weighted by atomic mass is 32.2. The highest BCUT2D eigenvalue weighted by Gasteiger charge is 2.13. The Labute approximate surface area is 124 Å². The predicted octanol–water partition coefficient (Wildman–Crippen LogP) is 2.26. The van der Waals surface area contributed by atoms with E-state index in [0.29, 0.717) is 12.1 Å². The Kier molecular flexibility index (Phi) is 4.50. The van der Waals surface area contributed by atoms with Crippen LogP contribution in [0.25, 0.3) is 0 Å². The normalized spacial score (nSPS) is 11.2. The van der Waals surface area contributed by atoms with Gasteiger partial charge in [0, 0.05) is 17.8 Å². The molecule has 21 heavy (non-hydrogen) atoms. The van der Waals surface area contributed by atoms with Crippen LogP contribution < -0.4 is 15.2 Å². The lowest BCUT2D eigenvalue weighted by Crippen LogP contribution is -2.14. The average molecular weight is 306 g/mol. The van der Waals surface area contributed by atoms with Gasteiger partial charge in [0.05, 0.1) is 12.0 Å². The molecule has 0 atom stereocenters. The lowest BCUT2D eigenvalue weighted by Gasteiger charge is -2.14. The van der Waals surface area contributed by atoms with Gasteiger partial charge in [-0.2, -0.15) is 0 Å². The first-order valence-electron chi connectivity index (χ1n) is 6.41. The second-order valence-electron chi connectivity index (χ2n) is 4.64. The summed E-state index contributed by atoms with van der Waals surface area (Å²) in [5, 5.41) is 8.42. The van der Waals surface area contributed by atoms with Crippen molar-refractivity contribution >= 4 is 15.7 Å². The Morgan fingerprint density at radius 1 is 1.14 bits per heavy atom. The maximum Gasteiger partial charge on any atom is 0.238 e. The second-order valence-corrected chi connectivity index (χ2v) is 6.17. The van der Waals surface area contributed by atoms with Crippen molar-refractivity contribution in [3.05, 3.63) is 53.6 Å². The summed E-state index contributed by atoms with van der Waals surface area (Å²) in [6.07, 6.45) is 0. The lowest BCUT2D eigenvalue weighted by molar-refractivity contribution is 0.410. The topological polar surface area (TPSA) is 81.4 Å². The second kappa shape index (κ2) is 6.15. The van der Waals surface area contributed by atoms with Gasteiger partial charge in [-0.25, -0.2) is 13.6 Å². The third kappa shape index (κ3) is 3.53. The molecule has 0 heterocycles. The van der Waals surface area contributed by atoms with Gasteiger partial charge in [0.2, 0.25) is 10.0 Å². The first-order valence-corrected chi connectivity index (χ1v) is 7.96. The van der Waals surface area contributed by atoms with Crippen molar-refractivity contribution in [3.8, 4) is 5.75 Å². The van der Waals surface area contributed by atoms with Gasteiger partial charge in [-0.15, -0.1) is 0 Å². The van der Waals surface area contributed by atoms with E-state index in [-0.39, 0.29) is 4.90 Å². The molecular weight excluding hydrogens is 288 g/mol. The minimum Gasteiger partial charge on any atom is -0.496 e. The van der Waals surface area contributed by atoms with Crippen molar-refractivity contribution in [2.75, 3.05) is 12.4 Å². The van der Waals surface area contributed by atoms with Crippen LogP contribution in [0.2, 0.25) is 0 Å². The van der Waals surface area contributed by atoms with E-state index in [1.165, 1.54) is 6.07 Å². The summed E-state index contributed by atoms with van der Waals surface area (Å²) in [5.41, 5.74) is 2.32. The molecule has 5 nitrogen and oxygen atoms in total. The fraction of sp³-hybridized carbons (Fsp3) is 0.200. The first-order chi connectivity index (χ1) is 9.93. The Balaban J connectivity index is 2.25. The Hall–Kier alpha value is -2.05. The quantitative estimate of drug-likeness (QED) is 0.888. The van der Waals surface area contributed by atoms with Crippen LogP contribution in [0.5, 0.6) is 5.75 Å². The summed E-state index contributed by atoms with van der Waals surface area (Å²) < 4.78 is 28.3. The third-order valence-electron chi connectivity index (χ3n) is 3.25. The smallest absolute Gasteiger partial charge is 0.238 e. The van der Waals surface area contributed by atoms with E-state index in [1.807, 2.05) is 30.3 Å². The van der Waals surface area contributed by atoms with E-state index >= 15 is 0 Å². The van der Waals surface area contributed by atoms with Gasteiger partial charge in [0.25, 0.3) is 0 Å². The van der Waals surface area contributed by atoms with Gasteiger partial charge in [0.1, 0.15) is 5.75 Å². The van der Waals surface area contributed by atoms with Crippen LogP contribution in [0, 0.1) is 6.92 Å². The summed E-state index contributed by atoms with van der Waals surface area (Å²) in [4.78, 5) is 0.132. The van der Waals surface area contributed by atoms with Crippen LogP contribution in [0.3, 0.4) is 0 Å². The molecule has 2 aromatic rings. The highest BCUT2D eigenvalue weighted by molar-refractivity contribution is 7.89. The fourth-order valence-electron chi connectivity index (χ4n) is 2.15. The molecule has 0 amide bonds. The van der Waals surface area contributed by atoms with Gasteiger partial charge in [-0.1, -0.05) is 24.3 Å². The molecule has 2 rings (SSSR count). The Morgan fingerprint density at radius 2 is 1.86 bits per heavy atom. The molecule has 0 radical (unpaired) electrons. The van der Waals surface area contributed by atoms with E-state index in [4.69, 9.17) is 9.88 Å². The molecule has 0 aromatic heterocycles. The predicted molar refractivity (Wildman–Crippen MR) is 82.9 cm³/mol. The van der Waals surface area contributed by atoms with Crippen molar-refractivity contribution in [3.63, 3.8) is 0 Å². The van der Waals surface area contributed by atoms with Gasteiger partial charge in [-0.3, -0.25) is 0 Å². The zero-order valence-electron chi connectivity index (χ0n) is 12.0. The largest absolute Gasteiger partial charge is 0.496 e. The molecule has 0 saturated heterocycles. The van der Waals surface area contributed by atoms with Crippen LogP contribution in [-0.2, 0) is 16.6 Å². The van der Waals surface area contributed by atoms with Crippen molar-refractivity contribution in [2.45, 2.75) is 18.4 Å². The molecular formula is C15H18N2O3S. The molecule has 0 bridgehead atoms. The van der Waals surface area contributed by atoms with Gasteiger partial charge in [0.15, 0.2) is 0 Å². The number of hydrogen-bond donors (Lipinski definition) is 2. The summed E-state index contributed by atoms with van der Waals surface area (Å²) in [6, 6.07) is 12.6. The number of nitrogens with one attached hydrogen (secondary N) is 1.